The maximum absolute atomic E-state index is 9.74. The van der Waals surface area contributed by atoms with Crippen molar-refractivity contribution in [1.82, 2.24) is 0 Å². The molecule has 2 nitrogen and oxygen atoms in total. The van der Waals surface area contributed by atoms with Crippen molar-refractivity contribution >= 4 is 5.57 Å². The predicted molar refractivity (Wildman–Crippen MR) is 82.7 cm³/mol. The molecule has 0 saturated heterocycles. The Hall–Kier alpha value is -2.84. The molecule has 0 fully saturated rings. The Morgan fingerprint density at radius 3 is 2.38 bits per heavy atom. The third-order valence-electron chi connectivity index (χ3n) is 4.09. The summed E-state index contributed by atoms with van der Waals surface area (Å²) in [5, 5.41) is 19.5. The number of aryl methyl sites for hydroxylation is 1. The van der Waals surface area contributed by atoms with E-state index in [9.17, 15) is 10.5 Å². The Balaban J connectivity index is 2.21. The number of fused-ring (bicyclic) bond motifs is 1. The molecule has 0 amide bonds. The van der Waals surface area contributed by atoms with Crippen LogP contribution in [0.2, 0.25) is 0 Å². The molecule has 21 heavy (non-hydrogen) atoms. The maximum atomic E-state index is 9.74. The van der Waals surface area contributed by atoms with Crippen LogP contribution in [0.15, 0.2) is 66.3 Å². The largest absolute Gasteiger partial charge is 0.196 e. The normalized spacial score (nSPS) is 21.6. The first kappa shape index (κ1) is 13.2. The van der Waals surface area contributed by atoms with Gasteiger partial charge in [0.1, 0.15) is 0 Å². The highest BCUT2D eigenvalue weighted by molar-refractivity contribution is 5.83. The van der Waals surface area contributed by atoms with Crippen molar-refractivity contribution in [3.05, 3.63) is 77.4 Å². The lowest BCUT2D eigenvalue weighted by molar-refractivity contribution is 0.578. The van der Waals surface area contributed by atoms with Crippen LogP contribution in [0.5, 0.6) is 0 Å². The second kappa shape index (κ2) is 4.93. The molecule has 0 radical (unpaired) electrons. The molecule has 0 aromatic heterocycles. The minimum absolute atomic E-state index is 0.209. The first-order chi connectivity index (χ1) is 10.2. The van der Waals surface area contributed by atoms with E-state index in [4.69, 9.17) is 0 Å². The van der Waals surface area contributed by atoms with Gasteiger partial charge < -0.3 is 0 Å². The summed E-state index contributed by atoms with van der Waals surface area (Å²) in [6.45, 7) is 2.02. The number of rotatable bonds is 1. The summed E-state index contributed by atoms with van der Waals surface area (Å²) in [7, 11) is 0. The lowest BCUT2D eigenvalue weighted by Crippen LogP contribution is -2.24. The van der Waals surface area contributed by atoms with Crippen LogP contribution in [0, 0.1) is 40.9 Å². The second-order valence-corrected chi connectivity index (χ2v) is 5.37. The predicted octanol–water partition coefficient (Wildman–Crippen LogP) is 4.09. The fourth-order valence-corrected chi connectivity index (χ4v) is 2.93. The van der Waals surface area contributed by atoms with Gasteiger partial charge in [-0.3, -0.25) is 0 Å². The fraction of sp³-hybridized carbons (Fsp3) is 0.158. The van der Waals surface area contributed by atoms with Crippen molar-refractivity contribution in [1.29, 1.82) is 10.5 Å². The summed E-state index contributed by atoms with van der Waals surface area (Å²) in [5.74, 6) is -0.209. The standard InChI is InChI=1S/C19H14N2/c1-14-7-9-15(10-8-14)18-11-16-5-3-2-4-6-17(16)19(18,12-20)13-21/h2-11,17H,1H3. The van der Waals surface area contributed by atoms with Crippen molar-refractivity contribution in [3.63, 3.8) is 0 Å². The van der Waals surface area contributed by atoms with Crippen LogP contribution < -0.4 is 0 Å². The zero-order chi connectivity index (χ0) is 14.9. The van der Waals surface area contributed by atoms with Crippen LogP contribution in [0.3, 0.4) is 0 Å². The summed E-state index contributed by atoms with van der Waals surface area (Å²) in [4.78, 5) is 0. The Morgan fingerprint density at radius 2 is 1.71 bits per heavy atom. The van der Waals surface area contributed by atoms with E-state index >= 15 is 0 Å². The molecule has 2 heteroatoms. The van der Waals surface area contributed by atoms with E-state index in [1.807, 2.05) is 67.6 Å². The molecule has 1 aromatic rings. The quantitative estimate of drug-likeness (QED) is 0.771. The van der Waals surface area contributed by atoms with Crippen molar-refractivity contribution in [2.45, 2.75) is 6.92 Å². The lowest BCUT2D eigenvalue weighted by Gasteiger charge is -2.23. The van der Waals surface area contributed by atoms with E-state index in [-0.39, 0.29) is 5.92 Å². The molecule has 0 N–H and O–H groups in total. The Labute approximate surface area is 124 Å². The Bertz CT molecular complexity index is 760. The van der Waals surface area contributed by atoms with Crippen LogP contribution in [0.1, 0.15) is 11.1 Å². The highest BCUT2D eigenvalue weighted by Gasteiger charge is 2.48. The van der Waals surface area contributed by atoms with Crippen molar-refractivity contribution in [2.75, 3.05) is 0 Å². The minimum atomic E-state index is -1.15. The average Bonchev–Trinajstić information content (AvgIpc) is 2.65. The molecule has 0 saturated carbocycles. The molecule has 0 aliphatic heterocycles. The molecule has 1 atom stereocenters. The first-order valence-electron chi connectivity index (χ1n) is 6.88. The highest BCUT2D eigenvalue weighted by Crippen LogP contribution is 2.51. The van der Waals surface area contributed by atoms with Gasteiger partial charge in [0.25, 0.3) is 0 Å². The van der Waals surface area contributed by atoms with Crippen molar-refractivity contribution in [3.8, 4) is 12.1 Å². The van der Waals surface area contributed by atoms with E-state index in [1.54, 1.807) is 0 Å². The minimum Gasteiger partial charge on any atom is -0.196 e. The molecule has 1 aromatic carbocycles. The van der Waals surface area contributed by atoms with Gasteiger partial charge >= 0.3 is 0 Å². The number of benzene rings is 1. The van der Waals surface area contributed by atoms with Gasteiger partial charge in [-0.2, -0.15) is 10.5 Å². The third kappa shape index (κ3) is 1.93. The topological polar surface area (TPSA) is 47.6 Å². The zero-order valence-corrected chi connectivity index (χ0v) is 11.7. The zero-order valence-electron chi connectivity index (χ0n) is 11.7. The van der Waals surface area contributed by atoms with Gasteiger partial charge in [-0.15, -0.1) is 0 Å². The fourth-order valence-electron chi connectivity index (χ4n) is 2.93. The van der Waals surface area contributed by atoms with Gasteiger partial charge in [0.2, 0.25) is 0 Å². The number of nitriles is 2. The SMILES string of the molecule is Cc1ccc(C2=CC3=CC=CC=CC3C2(C#N)C#N)cc1. The molecule has 2 aliphatic rings. The summed E-state index contributed by atoms with van der Waals surface area (Å²) < 4.78 is 0. The van der Waals surface area contributed by atoms with Crippen LogP contribution in [-0.2, 0) is 0 Å². The molecular formula is C19H14N2. The Morgan fingerprint density at radius 1 is 1.00 bits per heavy atom. The van der Waals surface area contributed by atoms with Gasteiger partial charge in [-0.25, -0.2) is 0 Å². The average molecular weight is 270 g/mol. The number of hydrogen-bond acceptors (Lipinski definition) is 2. The molecule has 0 bridgehead atoms. The van der Waals surface area contributed by atoms with Crippen LogP contribution in [-0.4, -0.2) is 0 Å². The van der Waals surface area contributed by atoms with Crippen molar-refractivity contribution in [2.24, 2.45) is 11.3 Å². The van der Waals surface area contributed by atoms with Gasteiger partial charge in [0.05, 0.1) is 12.1 Å². The first-order valence-corrected chi connectivity index (χ1v) is 6.88. The molecule has 0 heterocycles. The monoisotopic (exact) mass is 270 g/mol. The summed E-state index contributed by atoms with van der Waals surface area (Å²) in [5.41, 5.74) is 2.76. The molecule has 2 aliphatic carbocycles. The van der Waals surface area contributed by atoms with Crippen LogP contribution >= 0.6 is 0 Å². The molecule has 0 spiro atoms. The highest BCUT2D eigenvalue weighted by atomic mass is 14.5. The van der Waals surface area contributed by atoms with Gasteiger partial charge in [-0.1, -0.05) is 66.3 Å². The lowest BCUT2D eigenvalue weighted by atomic mass is 9.73. The number of hydrogen-bond donors (Lipinski definition) is 0. The Kier molecular flexibility index (Phi) is 3.09. The van der Waals surface area contributed by atoms with E-state index in [0.717, 1.165) is 22.3 Å². The third-order valence-corrected chi connectivity index (χ3v) is 4.09. The molecular weight excluding hydrogens is 256 g/mol. The maximum Gasteiger partial charge on any atom is 0.179 e. The summed E-state index contributed by atoms with van der Waals surface area (Å²) >= 11 is 0. The van der Waals surface area contributed by atoms with Gasteiger partial charge in [0.15, 0.2) is 5.41 Å². The van der Waals surface area contributed by atoms with Crippen molar-refractivity contribution < 1.29 is 0 Å². The van der Waals surface area contributed by atoms with E-state index in [1.165, 1.54) is 0 Å². The van der Waals surface area contributed by atoms with Gasteiger partial charge in [-0.05, 0) is 23.6 Å². The molecule has 1 unspecified atom stereocenters. The van der Waals surface area contributed by atoms with E-state index < -0.39 is 5.41 Å². The number of allylic oxidation sites excluding steroid dienone is 8. The van der Waals surface area contributed by atoms with E-state index in [0.29, 0.717) is 0 Å². The van der Waals surface area contributed by atoms with Crippen LogP contribution in [0.4, 0.5) is 0 Å². The van der Waals surface area contributed by atoms with Gasteiger partial charge in [0, 0.05) is 5.92 Å². The molecule has 100 valence electrons. The second-order valence-electron chi connectivity index (χ2n) is 5.37. The smallest absolute Gasteiger partial charge is 0.179 e. The summed E-state index contributed by atoms with van der Waals surface area (Å²) in [6, 6.07) is 12.5. The number of nitrogens with zero attached hydrogens (tertiary/aromatic N) is 2. The molecule has 3 rings (SSSR count). The summed E-state index contributed by atoms with van der Waals surface area (Å²) in [6.07, 6.45) is 11.7. The van der Waals surface area contributed by atoms with Crippen LogP contribution in [0.25, 0.3) is 5.57 Å². The van der Waals surface area contributed by atoms with E-state index in [2.05, 4.69) is 12.1 Å².